The Labute approximate surface area is 176 Å². The molecular formula is C24H23N5O. The van der Waals surface area contributed by atoms with Gasteiger partial charge in [0.05, 0.1) is 31.0 Å². The second-order valence-corrected chi connectivity index (χ2v) is 6.69. The van der Waals surface area contributed by atoms with Crippen molar-refractivity contribution in [1.29, 1.82) is 10.7 Å². The lowest BCUT2D eigenvalue weighted by atomic mass is 9.96. The average molecular weight is 397 g/mol. The Balaban J connectivity index is 1.95. The zero-order chi connectivity index (χ0) is 21.5. The van der Waals surface area contributed by atoms with Crippen molar-refractivity contribution in [2.24, 2.45) is 10.7 Å². The highest BCUT2D eigenvalue weighted by Gasteiger charge is 2.14. The van der Waals surface area contributed by atoms with Crippen molar-refractivity contribution in [3.8, 4) is 11.8 Å². The van der Waals surface area contributed by atoms with Gasteiger partial charge in [-0.25, -0.2) is 0 Å². The van der Waals surface area contributed by atoms with Crippen LogP contribution in [0.2, 0.25) is 0 Å². The lowest BCUT2D eigenvalue weighted by molar-refractivity contribution is 0.410. The first-order chi connectivity index (χ1) is 14.6. The normalized spacial score (nSPS) is 11.0. The van der Waals surface area contributed by atoms with Crippen LogP contribution in [0.5, 0.6) is 5.75 Å². The maximum atomic E-state index is 9.30. The zero-order valence-corrected chi connectivity index (χ0v) is 17.0. The molecule has 1 aromatic heterocycles. The number of amidine groups is 1. The summed E-state index contributed by atoms with van der Waals surface area (Å²) in [6, 6.07) is 16.7. The van der Waals surface area contributed by atoms with E-state index in [1.165, 1.54) is 0 Å². The minimum absolute atomic E-state index is 0.276. The zero-order valence-electron chi connectivity index (χ0n) is 17.0. The Hall–Kier alpha value is -3.98. The van der Waals surface area contributed by atoms with Gasteiger partial charge in [-0.3, -0.25) is 15.4 Å². The van der Waals surface area contributed by atoms with E-state index in [4.69, 9.17) is 15.9 Å². The van der Waals surface area contributed by atoms with Gasteiger partial charge in [0.2, 0.25) is 0 Å². The van der Waals surface area contributed by atoms with Crippen LogP contribution in [0.15, 0.2) is 65.9 Å². The number of ether oxygens (including phenoxy) is 1. The van der Waals surface area contributed by atoms with Crippen LogP contribution < -0.4 is 10.5 Å². The van der Waals surface area contributed by atoms with Crippen LogP contribution in [0.3, 0.4) is 0 Å². The molecule has 0 aliphatic rings. The number of nitrogens with zero attached hydrogens (tertiary/aromatic N) is 3. The van der Waals surface area contributed by atoms with Gasteiger partial charge >= 0.3 is 0 Å². The van der Waals surface area contributed by atoms with Crippen LogP contribution >= 0.6 is 0 Å². The van der Waals surface area contributed by atoms with Crippen molar-refractivity contribution >= 4 is 11.5 Å². The first kappa shape index (κ1) is 20.7. The van der Waals surface area contributed by atoms with Gasteiger partial charge in [-0.2, -0.15) is 5.26 Å². The molecule has 3 rings (SSSR count). The van der Waals surface area contributed by atoms with E-state index in [1.807, 2.05) is 18.2 Å². The van der Waals surface area contributed by atoms with Crippen LogP contribution in [0.1, 0.15) is 40.3 Å². The summed E-state index contributed by atoms with van der Waals surface area (Å²) in [7, 11) is 1.66. The monoisotopic (exact) mass is 397 g/mol. The van der Waals surface area contributed by atoms with Crippen molar-refractivity contribution in [2.75, 3.05) is 7.11 Å². The van der Waals surface area contributed by atoms with Crippen LogP contribution in [-0.2, 0) is 13.0 Å². The topological polar surface area (TPSA) is 108 Å². The fraction of sp³-hybridized carbons (Fsp3) is 0.167. The van der Waals surface area contributed by atoms with Gasteiger partial charge in [-0.15, -0.1) is 0 Å². The molecule has 0 amide bonds. The number of nitriles is 1. The summed E-state index contributed by atoms with van der Waals surface area (Å²) >= 11 is 0. The number of hydrogen-bond donors (Lipinski definition) is 2. The highest BCUT2D eigenvalue weighted by molar-refractivity contribution is 6.17. The summed E-state index contributed by atoms with van der Waals surface area (Å²) in [6.45, 7) is 2.46. The number of nitrogens with two attached hydrogens (primary N) is 1. The lowest BCUT2D eigenvalue weighted by Crippen LogP contribution is -2.19. The number of methoxy groups -OCH3 is 1. The van der Waals surface area contributed by atoms with Gasteiger partial charge < -0.3 is 10.5 Å². The van der Waals surface area contributed by atoms with Gasteiger partial charge in [-0.1, -0.05) is 25.1 Å². The summed E-state index contributed by atoms with van der Waals surface area (Å²) < 4.78 is 5.38. The quantitative estimate of drug-likeness (QED) is 0.466. The van der Waals surface area contributed by atoms with E-state index in [0.29, 0.717) is 28.8 Å². The minimum atomic E-state index is 0.276. The number of hydrogen-bond acceptors (Lipinski definition) is 5. The molecular weight excluding hydrogens is 374 g/mol. The Morgan fingerprint density at radius 2 is 2.03 bits per heavy atom. The molecule has 0 aliphatic carbocycles. The van der Waals surface area contributed by atoms with Gasteiger partial charge in [-0.05, 0) is 47.9 Å². The molecule has 3 aromatic rings. The van der Waals surface area contributed by atoms with E-state index in [2.05, 4.69) is 29.0 Å². The molecule has 30 heavy (non-hydrogen) atoms. The summed E-state index contributed by atoms with van der Waals surface area (Å²) in [5, 5.41) is 17.9. The standard InChI is InChI=1S/C24H23N5O/c1-3-18-11-17(7-9-22(18)30-2)14-29-24(27)21-12-16(13-25)6-8-20(21)23(26)19-5-4-10-28-15-19/h4-12,15,26H,3,14H2,1-2H3,(H2,27,29). The molecule has 0 fully saturated rings. The molecule has 6 heteroatoms. The predicted octanol–water partition coefficient (Wildman–Crippen LogP) is 3.85. The Morgan fingerprint density at radius 3 is 2.70 bits per heavy atom. The minimum Gasteiger partial charge on any atom is -0.496 e. The number of pyridine rings is 1. The van der Waals surface area contributed by atoms with E-state index >= 15 is 0 Å². The molecule has 0 aliphatic heterocycles. The number of rotatable bonds is 7. The number of nitrogens with one attached hydrogen (secondary N) is 1. The van der Waals surface area contributed by atoms with E-state index in [1.54, 1.807) is 43.8 Å². The van der Waals surface area contributed by atoms with E-state index in [9.17, 15) is 5.26 Å². The molecule has 3 N–H and O–H groups in total. The first-order valence-corrected chi connectivity index (χ1v) is 9.57. The second-order valence-electron chi connectivity index (χ2n) is 6.69. The van der Waals surface area contributed by atoms with Crippen molar-refractivity contribution in [1.82, 2.24) is 4.98 Å². The average Bonchev–Trinajstić information content (AvgIpc) is 2.81. The van der Waals surface area contributed by atoms with Gasteiger partial charge in [0.15, 0.2) is 0 Å². The molecule has 0 saturated heterocycles. The fourth-order valence-corrected chi connectivity index (χ4v) is 3.18. The van der Waals surface area contributed by atoms with Crippen LogP contribution in [0, 0.1) is 16.7 Å². The van der Waals surface area contributed by atoms with Crippen molar-refractivity contribution in [3.05, 3.63) is 94.3 Å². The van der Waals surface area contributed by atoms with Gasteiger partial charge in [0.1, 0.15) is 11.6 Å². The Morgan fingerprint density at radius 1 is 1.20 bits per heavy atom. The second kappa shape index (κ2) is 9.48. The maximum absolute atomic E-state index is 9.30. The third-order valence-corrected chi connectivity index (χ3v) is 4.80. The van der Waals surface area contributed by atoms with Crippen LogP contribution in [0.25, 0.3) is 0 Å². The van der Waals surface area contributed by atoms with Crippen LogP contribution in [0.4, 0.5) is 0 Å². The van der Waals surface area contributed by atoms with Gasteiger partial charge in [0.25, 0.3) is 0 Å². The smallest absolute Gasteiger partial charge is 0.126 e. The largest absolute Gasteiger partial charge is 0.496 e. The summed E-state index contributed by atoms with van der Waals surface area (Å²) in [5.74, 6) is 1.14. The van der Waals surface area contributed by atoms with Gasteiger partial charge in [0, 0.05) is 29.1 Å². The number of aliphatic imine (C=N–C) groups is 1. The van der Waals surface area contributed by atoms with Crippen molar-refractivity contribution in [3.63, 3.8) is 0 Å². The number of benzene rings is 2. The molecule has 6 nitrogen and oxygen atoms in total. The summed E-state index contributed by atoms with van der Waals surface area (Å²) in [5.41, 5.74) is 11.0. The highest BCUT2D eigenvalue weighted by atomic mass is 16.5. The molecule has 0 unspecified atom stereocenters. The van der Waals surface area contributed by atoms with E-state index in [-0.39, 0.29) is 11.5 Å². The third kappa shape index (κ3) is 4.53. The Bertz CT molecular complexity index is 1130. The number of aryl methyl sites for hydroxylation is 1. The molecule has 0 saturated carbocycles. The molecule has 0 spiro atoms. The van der Waals surface area contributed by atoms with Crippen LogP contribution in [-0.4, -0.2) is 23.6 Å². The van der Waals surface area contributed by atoms with Crippen molar-refractivity contribution in [2.45, 2.75) is 19.9 Å². The Kier molecular flexibility index (Phi) is 6.56. The molecule has 1 heterocycles. The molecule has 0 atom stereocenters. The summed E-state index contributed by atoms with van der Waals surface area (Å²) in [6.07, 6.45) is 4.14. The maximum Gasteiger partial charge on any atom is 0.126 e. The number of aromatic nitrogens is 1. The lowest BCUT2D eigenvalue weighted by Gasteiger charge is -2.12. The first-order valence-electron chi connectivity index (χ1n) is 9.57. The molecule has 0 bridgehead atoms. The van der Waals surface area contributed by atoms with E-state index < -0.39 is 0 Å². The predicted molar refractivity (Wildman–Crippen MR) is 118 cm³/mol. The van der Waals surface area contributed by atoms with E-state index in [0.717, 1.165) is 23.3 Å². The highest BCUT2D eigenvalue weighted by Crippen LogP contribution is 2.21. The third-order valence-electron chi connectivity index (χ3n) is 4.80. The SMILES string of the molecule is CCc1cc(CN=C(N)c2cc(C#N)ccc2C(=N)c2cccnc2)ccc1OC. The fourth-order valence-electron chi connectivity index (χ4n) is 3.18. The molecule has 2 aromatic carbocycles. The molecule has 0 radical (unpaired) electrons. The summed E-state index contributed by atoms with van der Waals surface area (Å²) in [4.78, 5) is 8.62. The van der Waals surface area contributed by atoms with Crippen molar-refractivity contribution < 1.29 is 4.74 Å². The molecule has 150 valence electrons.